The molecule has 0 atom stereocenters. The first-order valence-corrected chi connectivity index (χ1v) is 7.35. The lowest BCUT2D eigenvalue weighted by Gasteiger charge is -2.03. The van der Waals surface area contributed by atoms with E-state index in [0.29, 0.717) is 0 Å². The van der Waals surface area contributed by atoms with Gasteiger partial charge in [-0.3, -0.25) is 0 Å². The maximum absolute atomic E-state index is 4.60. The van der Waals surface area contributed by atoms with Gasteiger partial charge in [0.25, 0.3) is 0 Å². The summed E-state index contributed by atoms with van der Waals surface area (Å²) in [7, 11) is 0. The quantitative estimate of drug-likeness (QED) is 0.683. The fourth-order valence-corrected chi connectivity index (χ4v) is 2.65. The summed E-state index contributed by atoms with van der Waals surface area (Å²) in [6.07, 6.45) is 2.09. The molecule has 0 saturated heterocycles. The van der Waals surface area contributed by atoms with Gasteiger partial charge < -0.3 is 4.57 Å². The largest absolute Gasteiger partial charge is 0.321 e. The second-order valence-electron chi connectivity index (χ2n) is 4.88. The van der Waals surface area contributed by atoms with Gasteiger partial charge in [-0.1, -0.05) is 54.1 Å². The third-order valence-electron chi connectivity index (χ3n) is 3.24. The molecule has 0 aliphatic heterocycles. The summed E-state index contributed by atoms with van der Waals surface area (Å²) in [4.78, 5) is 4.60. The van der Waals surface area contributed by atoms with Crippen LogP contribution in [-0.2, 0) is 6.54 Å². The van der Waals surface area contributed by atoms with Crippen LogP contribution in [0.4, 0.5) is 0 Å². The van der Waals surface area contributed by atoms with Crippen LogP contribution >= 0.6 is 15.9 Å². The molecule has 0 fully saturated rings. The van der Waals surface area contributed by atoms with Crippen molar-refractivity contribution in [2.24, 2.45) is 0 Å². The van der Waals surface area contributed by atoms with Crippen LogP contribution in [0, 0.1) is 6.92 Å². The third kappa shape index (κ3) is 2.83. The van der Waals surface area contributed by atoms with E-state index < -0.39 is 0 Å². The third-order valence-corrected chi connectivity index (χ3v) is 3.87. The van der Waals surface area contributed by atoms with E-state index in [-0.39, 0.29) is 0 Å². The smallest absolute Gasteiger partial charge is 0.177 e. The lowest BCUT2D eigenvalue weighted by Crippen LogP contribution is -1.97. The number of nitrogens with zero attached hydrogens (tertiary/aromatic N) is 2. The van der Waals surface area contributed by atoms with E-state index >= 15 is 0 Å². The van der Waals surface area contributed by atoms with Gasteiger partial charge in [0.15, 0.2) is 4.73 Å². The molecule has 100 valence electrons. The minimum Gasteiger partial charge on any atom is -0.321 e. The van der Waals surface area contributed by atoms with Crippen molar-refractivity contribution in [2.75, 3.05) is 0 Å². The minimum atomic E-state index is 0.820. The van der Waals surface area contributed by atoms with Gasteiger partial charge in [0.1, 0.15) is 0 Å². The SMILES string of the molecule is Cc1cccc(-c2cn(Cc3ccccc3)c(Br)n2)c1. The summed E-state index contributed by atoms with van der Waals surface area (Å²) < 4.78 is 2.98. The molecule has 20 heavy (non-hydrogen) atoms. The van der Waals surface area contributed by atoms with Gasteiger partial charge in [0, 0.05) is 18.3 Å². The van der Waals surface area contributed by atoms with Crippen LogP contribution < -0.4 is 0 Å². The molecule has 0 aliphatic carbocycles. The molecule has 0 aliphatic rings. The van der Waals surface area contributed by atoms with E-state index in [9.17, 15) is 0 Å². The van der Waals surface area contributed by atoms with E-state index in [0.717, 1.165) is 22.5 Å². The van der Waals surface area contributed by atoms with Crippen LogP contribution in [0.2, 0.25) is 0 Å². The first-order chi connectivity index (χ1) is 9.72. The zero-order valence-corrected chi connectivity index (χ0v) is 12.8. The van der Waals surface area contributed by atoms with E-state index in [4.69, 9.17) is 0 Å². The van der Waals surface area contributed by atoms with Crippen LogP contribution in [0.25, 0.3) is 11.3 Å². The monoisotopic (exact) mass is 326 g/mol. The predicted molar refractivity (Wildman–Crippen MR) is 85.6 cm³/mol. The Morgan fingerprint density at radius 2 is 1.85 bits per heavy atom. The van der Waals surface area contributed by atoms with Gasteiger partial charge in [0.2, 0.25) is 0 Å². The first kappa shape index (κ1) is 13.1. The summed E-state index contributed by atoms with van der Waals surface area (Å²) in [5, 5.41) is 0. The molecule has 0 saturated carbocycles. The van der Waals surface area contributed by atoms with Gasteiger partial charge in [0.05, 0.1) is 5.69 Å². The molecule has 0 N–H and O–H groups in total. The highest BCUT2D eigenvalue weighted by Crippen LogP contribution is 2.23. The van der Waals surface area contributed by atoms with Crippen molar-refractivity contribution in [3.63, 3.8) is 0 Å². The molecule has 3 rings (SSSR count). The molecular formula is C17H15BrN2. The fourth-order valence-electron chi connectivity index (χ4n) is 2.23. The number of hydrogen-bond donors (Lipinski definition) is 0. The van der Waals surface area contributed by atoms with Gasteiger partial charge in [-0.25, -0.2) is 4.98 Å². The van der Waals surface area contributed by atoms with E-state index in [1.165, 1.54) is 11.1 Å². The molecule has 3 aromatic rings. The Bertz CT molecular complexity index is 717. The van der Waals surface area contributed by atoms with Crippen molar-refractivity contribution in [3.05, 3.63) is 76.7 Å². The number of hydrogen-bond acceptors (Lipinski definition) is 1. The lowest BCUT2D eigenvalue weighted by atomic mass is 10.1. The Hall–Kier alpha value is -1.87. The molecule has 1 heterocycles. The Morgan fingerprint density at radius 1 is 1.05 bits per heavy atom. The van der Waals surface area contributed by atoms with Gasteiger partial charge >= 0.3 is 0 Å². The normalized spacial score (nSPS) is 10.7. The predicted octanol–water partition coefficient (Wildman–Crippen LogP) is 4.67. The Labute approximate surface area is 127 Å². The van der Waals surface area contributed by atoms with E-state index in [1.807, 2.05) is 6.07 Å². The molecule has 2 aromatic carbocycles. The van der Waals surface area contributed by atoms with Gasteiger partial charge in [-0.15, -0.1) is 0 Å². The molecule has 0 amide bonds. The highest BCUT2D eigenvalue weighted by atomic mass is 79.9. The maximum atomic E-state index is 4.60. The Morgan fingerprint density at radius 3 is 2.60 bits per heavy atom. The summed E-state index contributed by atoms with van der Waals surface area (Å²) >= 11 is 3.54. The highest BCUT2D eigenvalue weighted by molar-refractivity contribution is 9.10. The summed E-state index contributed by atoms with van der Waals surface area (Å²) in [6, 6.07) is 18.8. The topological polar surface area (TPSA) is 17.8 Å². The van der Waals surface area contributed by atoms with Crippen molar-refractivity contribution in [2.45, 2.75) is 13.5 Å². The van der Waals surface area contributed by atoms with E-state index in [2.05, 4.69) is 87.1 Å². The second kappa shape index (κ2) is 5.63. The lowest BCUT2D eigenvalue weighted by molar-refractivity contribution is 0.775. The molecule has 2 nitrogen and oxygen atoms in total. The van der Waals surface area contributed by atoms with Crippen molar-refractivity contribution >= 4 is 15.9 Å². The molecule has 1 aromatic heterocycles. The maximum Gasteiger partial charge on any atom is 0.177 e. The molecule has 0 radical (unpaired) electrons. The molecular weight excluding hydrogens is 312 g/mol. The van der Waals surface area contributed by atoms with Crippen LogP contribution in [0.3, 0.4) is 0 Å². The molecule has 3 heteroatoms. The Kier molecular flexibility index (Phi) is 3.70. The number of benzene rings is 2. The fraction of sp³-hybridized carbons (Fsp3) is 0.118. The number of aryl methyl sites for hydroxylation is 1. The number of aromatic nitrogens is 2. The Balaban J connectivity index is 1.91. The zero-order chi connectivity index (χ0) is 13.9. The van der Waals surface area contributed by atoms with Crippen molar-refractivity contribution in [3.8, 4) is 11.3 Å². The van der Waals surface area contributed by atoms with Crippen LogP contribution in [-0.4, -0.2) is 9.55 Å². The van der Waals surface area contributed by atoms with Gasteiger partial charge in [-0.05, 0) is 34.5 Å². The molecule has 0 unspecified atom stereocenters. The van der Waals surface area contributed by atoms with Crippen molar-refractivity contribution in [1.82, 2.24) is 9.55 Å². The van der Waals surface area contributed by atoms with Gasteiger partial charge in [-0.2, -0.15) is 0 Å². The number of imidazole rings is 1. The first-order valence-electron chi connectivity index (χ1n) is 6.56. The second-order valence-corrected chi connectivity index (χ2v) is 5.59. The molecule has 0 spiro atoms. The van der Waals surface area contributed by atoms with E-state index in [1.54, 1.807) is 0 Å². The standard InChI is InChI=1S/C17H15BrN2/c1-13-6-5-9-15(10-13)16-12-20(17(18)19-16)11-14-7-3-2-4-8-14/h2-10,12H,11H2,1H3. The van der Waals surface area contributed by atoms with Crippen LogP contribution in [0.15, 0.2) is 65.5 Å². The summed E-state index contributed by atoms with van der Waals surface area (Å²) in [6.45, 7) is 2.92. The van der Waals surface area contributed by atoms with Crippen LogP contribution in [0.5, 0.6) is 0 Å². The van der Waals surface area contributed by atoms with Crippen molar-refractivity contribution in [1.29, 1.82) is 0 Å². The minimum absolute atomic E-state index is 0.820. The highest BCUT2D eigenvalue weighted by Gasteiger charge is 2.08. The van der Waals surface area contributed by atoms with Crippen molar-refractivity contribution < 1.29 is 0 Å². The summed E-state index contributed by atoms with van der Waals surface area (Å²) in [5.74, 6) is 0. The average Bonchev–Trinajstić information content (AvgIpc) is 2.81. The zero-order valence-electron chi connectivity index (χ0n) is 11.3. The number of rotatable bonds is 3. The molecule has 0 bridgehead atoms. The number of halogens is 1. The van der Waals surface area contributed by atoms with Crippen LogP contribution in [0.1, 0.15) is 11.1 Å². The summed E-state index contributed by atoms with van der Waals surface area (Å²) in [5.41, 5.74) is 4.66. The average molecular weight is 327 g/mol.